The molecule has 0 N–H and O–H groups in total. The van der Waals surface area contributed by atoms with Gasteiger partial charge in [-0.1, -0.05) is 23.5 Å². The number of nitrogens with zero attached hydrogens (tertiary/aromatic N) is 5. The van der Waals surface area contributed by atoms with Crippen LogP contribution in [0.3, 0.4) is 0 Å². The Labute approximate surface area is 189 Å². The van der Waals surface area contributed by atoms with E-state index in [1.807, 2.05) is 51.2 Å². The molecule has 0 bridgehead atoms. The number of amides is 1. The average Bonchev–Trinajstić information content (AvgIpc) is 3.49. The Morgan fingerprint density at radius 2 is 2.16 bits per heavy atom. The van der Waals surface area contributed by atoms with Crippen molar-refractivity contribution in [3.05, 3.63) is 41.6 Å². The maximum Gasteiger partial charge on any atom is 0.266 e. The molecule has 1 saturated heterocycles. The lowest BCUT2D eigenvalue weighted by Crippen LogP contribution is -2.40. The number of carbonyl (C=O) groups is 1. The second-order valence-electron chi connectivity index (χ2n) is 8.10. The molecule has 4 aromatic rings. The molecule has 8 nitrogen and oxygen atoms in total. The summed E-state index contributed by atoms with van der Waals surface area (Å²) >= 11 is 1.50. The highest BCUT2D eigenvalue weighted by molar-refractivity contribution is 7.22. The smallest absolute Gasteiger partial charge is 0.266 e. The lowest BCUT2D eigenvalue weighted by Gasteiger charge is -2.22. The maximum absolute atomic E-state index is 13.3. The van der Waals surface area contributed by atoms with Gasteiger partial charge in [0.1, 0.15) is 0 Å². The number of thiazole rings is 1. The van der Waals surface area contributed by atoms with Crippen molar-refractivity contribution in [2.75, 3.05) is 24.7 Å². The van der Waals surface area contributed by atoms with Gasteiger partial charge in [0, 0.05) is 19.3 Å². The van der Waals surface area contributed by atoms with Crippen LogP contribution in [0.2, 0.25) is 0 Å². The summed E-state index contributed by atoms with van der Waals surface area (Å²) in [5.74, 6) is 0.248. The molecule has 0 spiro atoms. The molecule has 166 valence electrons. The minimum absolute atomic E-state index is 0.0102. The van der Waals surface area contributed by atoms with Gasteiger partial charge >= 0.3 is 0 Å². The summed E-state index contributed by atoms with van der Waals surface area (Å²) in [5, 5.41) is 5.95. The van der Waals surface area contributed by atoms with Crippen molar-refractivity contribution in [3.63, 3.8) is 0 Å². The minimum atomic E-state index is -0.170. The molecule has 3 aromatic heterocycles. The summed E-state index contributed by atoms with van der Waals surface area (Å²) in [6.45, 7) is 5.00. The minimum Gasteiger partial charge on any atom is -0.466 e. The number of ether oxygens (including phenoxy) is 2. The van der Waals surface area contributed by atoms with Crippen LogP contribution in [-0.2, 0) is 16.6 Å². The Morgan fingerprint density at radius 3 is 2.94 bits per heavy atom. The molecule has 1 aliphatic rings. The Hall–Kier alpha value is -3.04. The highest BCUT2D eigenvalue weighted by atomic mass is 32.1. The van der Waals surface area contributed by atoms with Crippen molar-refractivity contribution < 1.29 is 14.3 Å². The number of benzene rings is 1. The molecule has 1 unspecified atom stereocenters. The summed E-state index contributed by atoms with van der Waals surface area (Å²) in [6.07, 6.45) is 1.95. The van der Waals surface area contributed by atoms with E-state index in [2.05, 4.69) is 10.1 Å². The fraction of sp³-hybridized carbons (Fsp3) is 0.391. The van der Waals surface area contributed by atoms with E-state index in [1.165, 1.54) is 11.3 Å². The largest absolute Gasteiger partial charge is 0.466 e. The number of anilines is 1. The van der Waals surface area contributed by atoms with Gasteiger partial charge in [-0.15, -0.1) is 5.10 Å². The van der Waals surface area contributed by atoms with Crippen molar-refractivity contribution in [2.24, 2.45) is 7.05 Å². The first-order valence-corrected chi connectivity index (χ1v) is 11.5. The molecule has 1 aromatic carbocycles. The molecule has 0 radical (unpaired) electrons. The summed E-state index contributed by atoms with van der Waals surface area (Å²) in [4.78, 5) is 24.3. The molecular weight excluding hydrogens is 426 g/mol. The molecule has 1 atom stereocenters. The Balaban J connectivity index is 1.41. The molecular formula is C23H25N5O3S. The van der Waals surface area contributed by atoms with Gasteiger partial charge in [0.25, 0.3) is 5.91 Å². The molecule has 5 rings (SSSR count). The van der Waals surface area contributed by atoms with Crippen molar-refractivity contribution >= 4 is 43.6 Å². The Bertz CT molecular complexity index is 1260. The van der Waals surface area contributed by atoms with Gasteiger partial charge in [0.2, 0.25) is 5.88 Å². The van der Waals surface area contributed by atoms with Crippen LogP contribution in [0.4, 0.5) is 5.13 Å². The molecule has 4 heterocycles. The van der Waals surface area contributed by atoms with Gasteiger partial charge in [0.05, 0.1) is 28.3 Å². The summed E-state index contributed by atoms with van der Waals surface area (Å²) in [7, 11) is 1.83. The van der Waals surface area contributed by atoms with Crippen LogP contribution >= 0.6 is 11.3 Å². The predicted molar refractivity (Wildman–Crippen MR) is 124 cm³/mol. The number of hydrogen-bond acceptors (Lipinski definition) is 7. The highest BCUT2D eigenvalue weighted by Crippen LogP contribution is 2.31. The summed E-state index contributed by atoms with van der Waals surface area (Å²) < 4.78 is 14.5. The van der Waals surface area contributed by atoms with Crippen molar-refractivity contribution in [3.8, 4) is 5.88 Å². The summed E-state index contributed by atoms with van der Waals surface area (Å²) in [5.41, 5.74) is 3.56. The van der Waals surface area contributed by atoms with E-state index < -0.39 is 0 Å². The third-order valence-electron chi connectivity index (χ3n) is 5.64. The normalized spacial score (nSPS) is 16.2. The van der Waals surface area contributed by atoms with Gasteiger partial charge in [-0.3, -0.25) is 9.69 Å². The zero-order valence-corrected chi connectivity index (χ0v) is 19.2. The number of aryl methyl sites for hydroxylation is 3. The Kier molecular flexibility index (Phi) is 5.52. The van der Waals surface area contributed by atoms with E-state index in [0.717, 1.165) is 52.0 Å². The number of rotatable bonds is 6. The number of para-hydroxylation sites is 1. The van der Waals surface area contributed by atoms with E-state index in [1.54, 1.807) is 9.58 Å². The van der Waals surface area contributed by atoms with Crippen molar-refractivity contribution in [1.82, 2.24) is 19.7 Å². The van der Waals surface area contributed by atoms with Gasteiger partial charge in [0.15, 0.2) is 17.4 Å². The zero-order chi connectivity index (χ0) is 22.2. The van der Waals surface area contributed by atoms with Gasteiger partial charge in [-0.2, -0.15) is 0 Å². The molecule has 1 aliphatic heterocycles. The molecule has 0 saturated carbocycles. The Morgan fingerprint density at radius 1 is 1.31 bits per heavy atom. The SMILES string of the molecule is Cc1cc(C)c2c(OCC(=O)N(CC3CCCO3)c3nc4ccccc4s3)nn(C)c2n1. The highest BCUT2D eigenvalue weighted by Gasteiger charge is 2.27. The fourth-order valence-corrected chi connectivity index (χ4v) is 5.10. The monoisotopic (exact) mass is 451 g/mol. The molecule has 1 fully saturated rings. The lowest BCUT2D eigenvalue weighted by molar-refractivity contribution is -0.121. The third-order valence-corrected chi connectivity index (χ3v) is 6.70. The molecule has 32 heavy (non-hydrogen) atoms. The first-order valence-electron chi connectivity index (χ1n) is 10.7. The van der Waals surface area contributed by atoms with Gasteiger partial charge in [-0.05, 0) is 50.5 Å². The molecule has 0 aliphatic carbocycles. The van der Waals surface area contributed by atoms with Crippen LogP contribution in [0.1, 0.15) is 24.1 Å². The first kappa shape index (κ1) is 20.8. The predicted octanol–water partition coefficient (Wildman–Crippen LogP) is 3.79. The standard InChI is InChI=1S/C23H25N5O3S/c1-14-11-15(2)24-21-20(14)22(26-27(21)3)31-13-19(29)28(12-16-7-6-10-30-16)23-25-17-8-4-5-9-18(17)32-23/h4-5,8-9,11,16H,6-7,10,12-13H2,1-3H3. The number of carbonyl (C=O) groups excluding carboxylic acids is 1. The van der Waals surface area contributed by atoms with E-state index in [0.29, 0.717) is 17.6 Å². The van der Waals surface area contributed by atoms with Crippen LogP contribution in [0.15, 0.2) is 30.3 Å². The van der Waals surface area contributed by atoms with E-state index >= 15 is 0 Å². The molecule has 1 amide bonds. The molecule has 9 heteroatoms. The van der Waals surface area contributed by atoms with Crippen molar-refractivity contribution in [2.45, 2.75) is 32.8 Å². The van der Waals surface area contributed by atoms with E-state index in [9.17, 15) is 4.79 Å². The zero-order valence-electron chi connectivity index (χ0n) is 18.4. The third kappa shape index (κ3) is 3.93. The van der Waals surface area contributed by atoms with Crippen LogP contribution < -0.4 is 9.64 Å². The topological polar surface area (TPSA) is 82.4 Å². The average molecular weight is 452 g/mol. The summed E-state index contributed by atoms with van der Waals surface area (Å²) in [6, 6.07) is 9.89. The van der Waals surface area contributed by atoms with Crippen LogP contribution in [-0.4, -0.2) is 51.5 Å². The fourth-order valence-electron chi connectivity index (χ4n) is 4.11. The van der Waals surface area contributed by atoms with Crippen LogP contribution in [0.5, 0.6) is 5.88 Å². The number of pyridine rings is 1. The van der Waals surface area contributed by atoms with Crippen LogP contribution in [0, 0.1) is 13.8 Å². The van der Waals surface area contributed by atoms with Crippen LogP contribution in [0.25, 0.3) is 21.3 Å². The number of fused-ring (bicyclic) bond motifs is 2. The van der Waals surface area contributed by atoms with E-state index in [4.69, 9.17) is 14.5 Å². The second-order valence-corrected chi connectivity index (χ2v) is 9.11. The number of aromatic nitrogens is 4. The lowest BCUT2D eigenvalue weighted by atomic mass is 10.2. The van der Waals surface area contributed by atoms with Gasteiger partial charge < -0.3 is 9.47 Å². The first-order chi connectivity index (χ1) is 15.5. The maximum atomic E-state index is 13.3. The van der Waals surface area contributed by atoms with Gasteiger partial charge in [-0.25, -0.2) is 14.6 Å². The number of hydrogen-bond donors (Lipinski definition) is 0. The van der Waals surface area contributed by atoms with Crippen molar-refractivity contribution in [1.29, 1.82) is 0 Å². The quantitative estimate of drug-likeness (QED) is 0.444. The second kappa shape index (κ2) is 8.48. The van der Waals surface area contributed by atoms with E-state index in [-0.39, 0.29) is 18.6 Å².